The summed E-state index contributed by atoms with van der Waals surface area (Å²) in [6.45, 7) is 1.91. The summed E-state index contributed by atoms with van der Waals surface area (Å²) < 4.78 is 6.28. The van der Waals surface area contributed by atoms with Crippen LogP contribution in [-0.4, -0.2) is 22.9 Å². The highest BCUT2D eigenvalue weighted by Crippen LogP contribution is 2.05. The zero-order chi connectivity index (χ0) is 13.0. The van der Waals surface area contributed by atoms with E-state index in [0.29, 0.717) is 0 Å². The van der Waals surface area contributed by atoms with Crippen LogP contribution in [0.3, 0.4) is 0 Å². The number of para-hydroxylation sites is 2. The van der Waals surface area contributed by atoms with E-state index >= 15 is 0 Å². The summed E-state index contributed by atoms with van der Waals surface area (Å²) in [5.41, 5.74) is 1.43. The van der Waals surface area contributed by atoms with Gasteiger partial charge < -0.3 is 4.74 Å². The Labute approximate surface area is 103 Å². The Morgan fingerprint density at radius 2 is 2.39 bits per heavy atom. The largest absolute Gasteiger partial charge is 0.462 e. The van der Waals surface area contributed by atoms with E-state index in [-0.39, 0.29) is 12.2 Å². The van der Waals surface area contributed by atoms with E-state index in [9.17, 15) is 4.79 Å². The molecule has 1 aromatic carbocycles. The van der Waals surface area contributed by atoms with Gasteiger partial charge in [-0.25, -0.2) is 4.79 Å². The quantitative estimate of drug-likeness (QED) is 0.373. The molecule has 6 nitrogen and oxygen atoms in total. The monoisotopic (exact) mass is 243 g/mol. The molecule has 2 rings (SSSR count). The summed E-state index contributed by atoms with van der Waals surface area (Å²) in [4.78, 5) is 11.5. The lowest BCUT2D eigenvalue weighted by Gasteiger charge is -1.97. The molecule has 0 aliphatic rings. The zero-order valence-electron chi connectivity index (χ0n) is 9.75. The number of nitrogens with zero attached hydrogens (tertiary/aromatic N) is 3. The van der Waals surface area contributed by atoms with Crippen molar-refractivity contribution in [2.45, 2.75) is 6.92 Å². The van der Waals surface area contributed by atoms with E-state index in [1.807, 2.05) is 30.3 Å². The first-order chi connectivity index (χ1) is 8.76. The van der Waals surface area contributed by atoms with Crippen molar-refractivity contribution in [2.75, 3.05) is 6.61 Å². The highest BCUT2D eigenvalue weighted by atomic mass is 16.5. The minimum atomic E-state index is -0.647. The number of esters is 1. The van der Waals surface area contributed by atoms with Gasteiger partial charge in [0.2, 0.25) is 11.0 Å². The molecule has 0 bridgehead atoms. The van der Waals surface area contributed by atoms with Gasteiger partial charge in [0.05, 0.1) is 6.61 Å². The SMILES string of the molecule is CCOC(=O)C(C#N)=C[n+]1[nH]nc2ccccc21. The maximum absolute atomic E-state index is 11.5. The lowest BCUT2D eigenvalue weighted by Crippen LogP contribution is -2.30. The van der Waals surface area contributed by atoms with Crippen LogP contribution in [0.2, 0.25) is 0 Å². The summed E-state index contributed by atoms with van der Waals surface area (Å²) >= 11 is 0. The van der Waals surface area contributed by atoms with Crippen LogP contribution in [-0.2, 0) is 9.53 Å². The molecule has 0 aliphatic heterocycles. The Hall–Kier alpha value is -2.68. The van der Waals surface area contributed by atoms with Crippen LogP contribution in [0, 0.1) is 11.3 Å². The lowest BCUT2D eigenvalue weighted by atomic mass is 10.3. The second kappa shape index (κ2) is 5.10. The summed E-state index contributed by atoms with van der Waals surface area (Å²) in [6.07, 6.45) is 1.37. The molecule has 0 fully saturated rings. The average Bonchev–Trinajstić information content (AvgIpc) is 2.79. The van der Waals surface area contributed by atoms with Crippen molar-refractivity contribution in [3.05, 3.63) is 29.8 Å². The van der Waals surface area contributed by atoms with Crippen LogP contribution < -0.4 is 4.68 Å². The van der Waals surface area contributed by atoms with E-state index in [1.165, 1.54) is 10.9 Å². The summed E-state index contributed by atoms with van der Waals surface area (Å²) in [5.74, 6) is -0.647. The van der Waals surface area contributed by atoms with Crippen molar-refractivity contribution in [1.82, 2.24) is 10.3 Å². The fraction of sp³-hybridized carbons (Fsp3) is 0.167. The molecule has 0 atom stereocenters. The Balaban J connectivity index is 2.42. The minimum absolute atomic E-state index is 0.0868. The first kappa shape index (κ1) is 11.8. The number of hydrogen-bond donors (Lipinski definition) is 1. The van der Waals surface area contributed by atoms with Gasteiger partial charge in [-0.3, -0.25) is 0 Å². The molecule has 0 saturated carbocycles. The van der Waals surface area contributed by atoms with Crippen LogP contribution in [0.4, 0.5) is 0 Å². The van der Waals surface area contributed by atoms with Gasteiger partial charge in [0.25, 0.3) is 0 Å². The van der Waals surface area contributed by atoms with Crippen LogP contribution >= 0.6 is 0 Å². The van der Waals surface area contributed by atoms with E-state index < -0.39 is 5.97 Å². The van der Waals surface area contributed by atoms with E-state index in [4.69, 9.17) is 10.00 Å². The van der Waals surface area contributed by atoms with Crippen LogP contribution in [0.1, 0.15) is 6.92 Å². The lowest BCUT2D eigenvalue weighted by molar-refractivity contribution is -0.608. The molecule has 0 saturated heterocycles. The smallest absolute Gasteiger partial charge is 0.352 e. The third-order valence-corrected chi connectivity index (χ3v) is 2.29. The van der Waals surface area contributed by atoms with Gasteiger partial charge >= 0.3 is 5.97 Å². The summed E-state index contributed by atoms with van der Waals surface area (Å²) in [6, 6.07) is 9.16. The van der Waals surface area contributed by atoms with Crippen LogP contribution in [0.25, 0.3) is 17.2 Å². The summed E-state index contributed by atoms with van der Waals surface area (Å²) in [7, 11) is 0. The highest BCUT2D eigenvalue weighted by Gasteiger charge is 2.15. The van der Waals surface area contributed by atoms with Gasteiger partial charge in [-0.15, -0.1) is 4.68 Å². The number of nitrogens with one attached hydrogen (secondary N) is 1. The Morgan fingerprint density at radius 1 is 1.61 bits per heavy atom. The van der Waals surface area contributed by atoms with Gasteiger partial charge in [-0.2, -0.15) is 5.26 Å². The Bertz CT molecular complexity index is 651. The predicted octanol–water partition coefficient (Wildman–Crippen LogP) is 0.778. The molecule has 2 aromatic rings. The molecular weight excluding hydrogens is 232 g/mol. The normalized spacial score (nSPS) is 11.2. The number of hydrogen-bond acceptors (Lipinski definition) is 4. The molecule has 1 aromatic heterocycles. The molecule has 0 aliphatic carbocycles. The topological polar surface area (TPSA) is 82.7 Å². The Kier molecular flexibility index (Phi) is 3.34. The van der Waals surface area contributed by atoms with E-state index in [0.717, 1.165) is 11.0 Å². The van der Waals surface area contributed by atoms with Crippen LogP contribution in [0.5, 0.6) is 0 Å². The van der Waals surface area contributed by atoms with Gasteiger partial charge in [0.15, 0.2) is 5.57 Å². The summed E-state index contributed by atoms with van der Waals surface area (Å²) in [5, 5.41) is 15.7. The fourth-order valence-electron chi connectivity index (χ4n) is 1.49. The maximum Gasteiger partial charge on any atom is 0.352 e. The van der Waals surface area contributed by atoms with E-state index in [2.05, 4.69) is 10.3 Å². The number of fused-ring (bicyclic) bond motifs is 1. The number of benzene rings is 1. The Morgan fingerprint density at radius 3 is 3.11 bits per heavy atom. The van der Waals surface area contributed by atoms with Crippen molar-refractivity contribution < 1.29 is 14.2 Å². The van der Waals surface area contributed by atoms with Crippen molar-refractivity contribution in [1.29, 1.82) is 5.26 Å². The average molecular weight is 243 g/mol. The number of carbonyl (C=O) groups excluding carboxylic acids is 1. The fourth-order valence-corrected chi connectivity index (χ4v) is 1.49. The van der Waals surface area contributed by atoms with Crippen molar-refractivity contribution in [3.63, 3.8) is 0 Å². The number of aromatic amines is 1. The highest BCUT2D eigenvalue weighted by molar-refractivity contribution is 5.95. The molecule has 0 amide bonds. The van der Waals surface area contributed by atoms with E-state index in [1.54, 1.807) is 6.92 Å². The molecule has 0 spiro atoms. The van der Waals surface area contributed by atoms with Gasteiger partial charge in [-0.05, 0) is 19.1 Å². The molecule has 0 radical (unpaired) electrons. The molecule has 6 heteroatoms. The molecule has 18 heavy (non-hydrogen) atoms. The maximum atomic E-state index is 11.5. The number of rotatable bonds is 3. The van der Waals surface area contributed by atoms with Crippen LogP contribution in [0.15, 0.2) is 29.8 Å². The van der Waals surface area contributed by atoms with Gasteiger partial charge in [0.1, 0.15) is 12.3 Å². The van der Waals surface area contributed by atoms with Crippen molar-refractivity contribution in [3.8, 4) is 6.07 Å². The van der Waals surface area contributed by atoms with Crippen molar-refractivity contribution in [2.24, 2.45) is 0 Å². The first-order valence-electron chi connectivity index (χ1n) is 5.40. The minimum Gasteiger partial charge on any atom is -0.462 e. The number of H-pyrrole nitrogens is 1. The molecule has 90 valence electrons. The molecule has 1 N–H and O–H groups in total. The second-order valence-electron chi connectivity index (χ2n) is 3.45. The van der Waals surface area contributed by atoms with Crippen molar-refractivity contribution >= 4 is 23.2 Å². The number of ether oxygens (including phenoxy) is 1. The van der Waals surface area contributed by atoms with Gasteiger partial charge in [0, 0.05) is 5.10 Å². The number of nitriles is 1. The zero-order valence-corrected chi connectivity index (χ0v) is 9.75. The number of aromatic nitrogens is 3. The third-order valence-electron chi connectivity index (χ3n) is 2.29. The predicted molar refractivity (Wildman–Crippen MR) is 62.8 cm³/mol. The third kappa shape index (κ3) is 2.20. The molecule has 1 heterocycles. The standard InChI is InChI=1S/C12H10N4O2/c1-2-18-12(17)9(7-13)8-16-11-6-4-3-5-10(11)14-15-16/h3-6,8H,2H2,1H3/p+1. The second-order valence-corrected chi connectivity index (χ2v) is 3.45. The first-order valence-corrected chi connectivity index (χ1v) is 5.40. The van der Waals surface area contributed by atoms with Gasteiger partial charge in [-0.1, -0.05) is 17.3 Å². The molecule has 0 unspecified atom stereocenters. The molecular formula is C12H11N4O2+. The number of carbonyl (C=O) groups is 1.